The van der Waals surface area contributed by atoms with E-state index in [1.165, 1.54) is 16.7 Å². The number of halogens is 2. The minimum absolute atomic E-state index is 0.291. The molecule has 1 aromatic carbocycles. The van der Waals surface area contributed by atoms with Crippen LogP contribution in [0.15, 0.2) is 35.5 Å². The molecule has 1 atom stereocenters. The molecule has 0 spiro atoms. The molecular weight excluding hydrogens is 394 g/mol. The van der Waals surface area contributed by atoms with Gasteiger partial charge in [-0.05, 0) is 109 Å². The summed E-state index contributed by atoms with van der Waals surface area (Å²) in [6, 6.07) is 0. The number of phenols is 1. The maximum Gasteiger partial charge on any atom is 0.266 e. The van der Waals surface area contributed by atoms with Crippen molar-refractivity contribution in [3.05, 3.63) is 57.7 Å². The van der Waals surface area contributed by atoms with Gasteiger partial charge in [0.1, 0.15) is 11.5 Å². The summed E-state index contributed by atoms with van der Waals surface area (Å²) in [5.74, 6) is 1.44. The van der Waals surface area contributed by atoms with Crippen LogP contribution in [0.4, 0.5) is 8.78 Å². The monoisotopic (exact) mass is 434 g/mol. The highest BCUT2D eigenvalue weighted by Crippen LogP contribution is 2.40. The molecule has 1 unspecified atom stereocenters. The molecule has 31 heavy (non-hydrogen) atoms. The number of phenolic OH excluding ortho intramolecular Hbond substituents is 1. The van der Waals surface area contributed by atoms with Crippen molar-refractivity contribution in [1.29, 1.82) is 0 Å². The molecule has 0 radical (unpaired) electrons. The first kappa shape index (κ1) is 26.9. The Kier molecular flexibility index (Phi) is 11.6. The summed E-state index contributed by atoms with van der Waals surface area (Å²) in [5.41, 5.74) is 6.80. The Morgan fingerprint density at radius 3 is 2.13 bits per heavy atom. The molecule has 0 fully saturated rings. The quantitative estimate of drug-likeness (QED) is 0.435. The second-order valence-electron chi connectivity index (χ2n) is 8.58. The maximum atomic E-state index is 11.8. The Balaban J connectivity index is 0.000000310. The summed E-state index contributed by atoms with van der Waals surface area (Å²) in [5, 5.41) is 9.95. The van der Waals surface area contributed by atoms with Gasteiger partial charge in [-0.15, -0.1) is 0 Å². The average molecular weight is 435 g/mol. The molecule has 174 valence electrons. The second-order valence-corrected chi connectivity index (χ2v) is 8.58. The van der Waals surface area contributed by atoms with Crippen LogP contribution < -0.4 is 4.74 Å². The molecular formula is C27H40F2O2. The number of benzene rings is 1. The molecule has 4 heteroatoms. The largest absolute Gasteiger partial charge is 0.507 e. The van der Waals surface area contributed by atoms with E-state index in [0.717, 1.165) is 67.0 Å². The third-order valence-corrected chi connectivity index (χ3v) is 5.88. The zero-order chi connectivity index (χ0) is 23.6. The van der Waals surface area contributed by atoms with Crippen molar-refractivity contribution in [1.82, 2.24) is 0 Å². The molecule has 0 saturated heterocycles. The molecule has 2 nitrogen and oxygen atoms in total. The fourth-order valence-electron chi connectivity index (χ4n) is 3.74. The molecule has 1 heterocycles. The molecule has 1 aliphatic rings. The summed E-state index contributed by atoms with van der Waals surface area (Å²) >= 11 is 0. The Morgan fingerprint density at radius 2 is 1.55 bits per heavy atom. The average Bonchev–Trinajstić information content (AvgIpc) is 2.71. The van der Waals surface area contributed by atoms with Crippen molar-refractivity contribution < 1.29 is 18.6 Å². The summed E-state index contributed by atoms with van der Waals surface area (Å²) in [4.78, 5) is 0. The van der Waals surface area contributed by atoms with Crippen molar-refractivity contribution >= 4 is 0 Å². The van der Waals surface area contributed by atoms with Crippen molar-refractivity contribution in [2.75, 3.05) is 0 Å². The van der Waals surface area contributed by atoms with Crippen molar-refractivity contribution in [2.45, 2.75) is 99.5 Å². The highest BCUT2D eigenvalue weighted by Gasteiger charge is 2.23. The summed E-state index contributed by atoms with van der Waals surface area (Å²) in [7, 11) is 0. The Morgan fingerprint density at radius 1 is 0.968 bits per heavy atom. The van der Waals surface area contributed by atoms with Gasteiger partial charge < -0.3 is 9.84 Å². The van der Waals surface area contributed by atoms with Crippen LogP contribution in [-0.2, 0) is 6.42 Å². The van der Waals surface area contributed by atoms with Crippen LogP contribution in [0.3, 0.4) is 0 Å². The lowest BCUT2D eigenvalue weighted by molar-refractivity contribution is 0.190. The van der Waals surface area contributed by atoms with E-state index in [2.05, 4.69) is 32.9 Å². The first-order chi connectivity index (χ1) is 14.6. The Bertz CT molecular complexity index is 815. The lowest BCUT2D eigenvalue weighted by atomic mass is 9.92. The molecule has 0 aromatic heterocycles. The van der Waals surface area contributed by atoms with Gasteiger partial charge in [-0.2, -0.15) is 8.78 Å². The Labute approximate surface area is 187 Å². The van der Waals surface area contributed by atoms with Crippen LogP contribution in [0.1, 0.15) is 88.5 Å². The summed E-state index contributed by atoms with van der Waals surface area (Å²) in [6.07, 6.45) is 10.5. The number of rotatable bonds is 7. The van der Waals surface area contributed by atoms with Gasteiger partial charge >= 0.3 is 0 Å². The van der Waals surface area contributed by atoms with Gasteiger partial charge in [0.25, 0.3) is 6.08 Å². The number of hydrogen-bond acceptors (Lipinski definition) is 2. The standard InChI is InChI=1S/C14H22F2.C13H18O2/c1-4-7-12(2)8-5-9-13(3)10-6-11-14(15)16;1-7-5-6-11-10(4)12(14)8(2)9(3)13(11)15-7/h7,9,11H,4-6,8,10H2,1-3H3;7,14H,5-6H2,1-4H3/b12-7+,13-9+;. The molecule has 0 bridgehead atoms. The third kappa shape index (κ3) is 8.88. The smallest absolute Gasteiger partial charge is 0.266 e. The first-order valence-electron chi connectivity index (χ1n) is 11.4. The van der Waals surface area contributed by atoms with Gasteiger partial charge in [0.2, 0.25) is 0 Å². The fraction of sp³-hybridized carbons (Fsp3) is 0.556. The minimum Gasteiger partial charge on any atom is -0.507 e. The van der Waals surface area contributed by atoms with Crippen molar-refractivity contribution in [3.8, 4) is 11.5 Å². The van der Waals surface area contributed by atoms with Gasteiger partial charge in [-0.1, -0.05) is 30.2 Å². The van der Waals surface area contributed by atoms with E-state index in [0.29, 0.717) is 18.3 Å². The molecule has 0 amide bonds. The molecule has 0 aliphatic carbocycles. The molecule has 1 aliphatic heterocycles. The number of fused-ring (bicyclic) bond motifs is 1. The number of hydrogen-bond donors (Lipinski definition) is 1. The van der Waals surface area contributed by atoms with E-state index in [1.54, 1.807) is 0 Å². The normalized spacial score (nSPS) is 16.1. The molecule has 1 aromatic rings. The first-order valence-corrected chi connectivity index (χ1v) is 11.4. The van der Waals surface area contributed by atoms with Crippen LogP contribution in [0.5, 0.6) is 11.5 Å². The number of aromatic hydroxyl groups is 1. The van der Waals surface area contributed by atoms with Crippen molar-refractivity contribution in [2.24, 2.45) is 0 Å². The van der Waals surface area contributed by atoms with E-state index in [-0.39, 0.29) is 0 Å². The maximum absolute atomic E-state index is 11.8. The van der Waals surface area contributed by atoms with Crippen LogP contribution in [0.2, 0.25) is 0 Å². The van der Waals surface area contributed by atoms with Gasteiger partial charge in [-0.25, -0.2) is 0 Å². The van der Waals surface area contributed by atoms with E-state index >= 15 is 0 Å². The third-order valence-electron chi connectivity index (χ3n) is 5.88. The Hall–Kier alpha value is -2.10. The van der Waals surface area contributed by atoms with Gasteiger partial charge in [0.05, 0.1) is 6.10 Å². The number of allylic oxidation sites excluding steroid dienone is 5. The summed E-state index contributed by atoms with van der Waals surface area (Å²) in [6.45, 7) is 14.3. The molecule has 2 rings (SSSR count). The van der Waals surface area contributed by atoms with Crippen LogP contribution in [0.25, 0.3) is 0 Å². The van der Waals surface area contributed by atoms with E-state index in [4.69, 9.17) is 4.74 Å². The number of ether oxygens (including phenoxy) is 1. The second kappa shape index (κ2) is 13.3. The summed E-state index contributed by atoms with van der Waals surface area (Å²) < 4.78 is 29.4. The zero-order valence-corrected chi connectivity index (χ0v) is 20.4. The highest BCUT2D eigenvalue weighted by atomic mass is 19.3. The predicted molar refractivity (Wildman–Crippen MR) is 127 cm³/mol. The zero-order valence-electron chi connectivity index (χ0n) is 20.4. The highest BCUT2D eigenvalue weighted by molar-refractivity contribution is 5.58. The minimum atomic E-state index is -1.57. The fourth-order valence-corrected chi connectivity index (χ4v) is 3.74. The molecule has 0 saturated carbocycles. The van der Waals surface area contributed by atoms with Gasteiger partial charge in [0.15, 0.2) is 0 Å². The topological polar surface area (TPSA) is 29.5 Å². The lowest BCUT2D eigenvalue weighted by Crippen LogP contribution is -2.20. The van der Waals surface area contributed by atoms with Gasteiger partial charge in [0, 0.05) is 5.56 Å². The van der Waals surface area contributed by atoms with Gasteiger partial charge in [-0.3, -0.25) is 0 Å². The van der Waals surface area contributed by atoms with Crippen LogP contribution in [-0.4, -0.2) is 11.2 Å². The van der Waals surface area contributed by atoms with E-state index in [1.807, 2.05) is 27.7 Å². The van der Waals surface area contributed by atoms with E-state index < -0.39 is 6.08 Å². The van der Waals surface area contributed by atoms with Crippen LogP contribution >= 0.6 is 0 Å². The lowest BCUT2D eigenvalue weighted by Gasteiger charge is -2.27. The molecule has 1 N–H and O–H groups in total. The van der Waals surface area contributed by atoms with E-state index in [9.17, 15) is 13.9 Å². The SMILES string of the molecule is CC/C=C(\C)CC/C=C(\C)CCC=C(F)F.Cc1c(C)c2c(c(C)c1O)CCC(C)O2. The van der Waals surface area contributed by atoms with Crippen LogP contribution in [0, 0.1) is 20.8 Å². The van der Waals surface area contributed by atoms with Crippen molar-refractivity contribution in [3.63, 3.8) is 0 Å². The predicted octanol–water partition coefficient (Wildman–Crippen LogP) is 8.66.